The molecule has 0 aromatic heterocycles. The summed E-state index contributed by atoms with van der Waals surface area (Å²) in [4.78, 5) is 12.1. The van der Waals surface area contributed by atoms with Crippen molar-refractivity contribution in [2.75, 3.05) is 16.8 Å². The molecule has 6 heteroatoms. The van der Waals surface area contributed by atoms with Crippen LogP contribution in [0.4, 0.5) is 5.69 Å². The molecule has 0 unspecified atom stereocenters. The van der Waals surface area contributed by atoms with E-state index in [4.69, 9.17) is 5.73 Å². The Morgan fingerprint density at radius 1 is 1.33 bits per heavy atom. The molecular weight excluding hydrogens is 324 g/mol. The van der Waals surface area contributed by atoms with Gasteiger partial charge in [-0.25, -0.2) is 0 Å². The van der Waals surface area contributed by atoms with Crippen LogP contribution in [0, 0.1) is 5.41 Å². The van der Waals surface area contributed by atoms with Gasteiger partial charge < -0.3 is 11.1 Å². The van der Waals surface area contributed by atoms with E-state index in [1.165, 1.54) is 17.1 Å². The monoisotopic (exact) mass is 346 g/mol. The molecule has 1 aliphatic heterocycles. The van der Waals surface area contributed by atoms with Crippen LogP contribution in [0.5, 0.6) is 0 Å². The van der Waals surface area contributed by atoms with Crippen molar-refractivity contribution in [3.05, 3.63) is 29.8 Å². The van der Waals surface area contributed by atoms with E-state index in [0.717, 1.165) is 5.69 Å². The molecule has 3 nitrogen and oxygen atoms in total. The summed E-state index contributed by atoms with van der Waals surface area (Å²) in [6.07, 6.45) is 0. The van der Waals surface area contributed by atoms with E-state index in [1.54, 1.807) is 0 Å². The molecule has 0 bridgehead atoms. The molecule has 1 saturated heterocycles. The Kier molecular flexibility index (Phi) is 6.91. The number of amides is 1. The number of benzene rings is 1. The number of hydrogen-bond acceptors (Lipinski definition) is 4. The molecule has 0 radical (unpaired) electrons. The highest BCUT2D eigenvalue weighted by Gasteiger charge is 2.27. The lowest BCUT2D eigenvalue weighted by atomic mass is 9.87. The van der Waals surface area contributed by atoms with E-state index >= 15 is 0 Å². The maximum Gasteiger partial charge on any atom is 0.241 e. The van der Waals surface area contributed by atoms with Gasteiger partial charge in [-0.2, -0.15) is 0 Å². The highest BCUT2D eigenvalue weighted by Crippen LogP contribution is 2.45. The van der Waals surface area contributed by atoms with E-state index in [2.05, 4.69) is 17.4 Å². The zero-order valence-electron chi connectivity index (χ0n) is 12.6. The van der Waals surface area contributed by atoms with Crippen LogP contribution in [-0.4, -0.2) is 23.5 Å². The average Bonchev–Trinajstić information content (AvgIpc) is 2.91. The van der Waals surface area contributed by atoms with Crippen molar-refractivity contribution >= 4 is 47.5 Å². The fourth-order valence-corrected chi connectivity index (χ4v) is 4.77. The summed E-state index contributed by atoms with van der Waals surface area (Å²) in [6, 6.07) is 7.58. The summed E-state index contributed by atoms with van der Waals surface area (Å²) >= 11 is 3.92. The highest BCUT2D eigenvalue weighted by atomic mass is 35.5. The Hall–Kier alpha value is -0.360. The van der Waals surface area contributed by atoms with E-state index < -0.39 is 6.04 Å². The molecule has 1 heterocycles. The second kappa shape index (κ2) is 7.77. The topological polar surface area (TPSA) is 55.1 Å². The molecule has 2 rings (SSSR count). The quantitative estimate of drug-likeness (QED) is 0.871. The van der Waals surface area contributed by atoms with Crippen LogP contribution in [-0.2, 0) is 4.79 Å². The Morgan fingerprint density at radius 2 is 1.95 bits per heavy atom. The van der Waals surface area contributed by atoms with Gasteiger partial charge in [0, 0.05) is 17.2 Å². The molecule has 1 amide bonds. The van der Waals surface area contributed by atoms with Gasteiger partial charge in [-0.3, -0.25) is 4.79 Å². The van der Waals surface area contributed by atoms with Gasteiger partial charge in [0.2, 0.25) is 5.91 Å². The number of carbonyl (C=O) groups is 1. The van der Waals surface area contributed by atoms with E-state index in [-0.39, 0.29) is 23.7 Å². The van der Waals surface area contributed by atoms with Crippen LogP contribution in [0.3, 0.4) is 0 Å². The first-order valence-corrected chi connectivity index (χ1v) is 8.87. The van der Waals surface area contributed by atoms with Crippen molar-refractivity contribution in [2.24, 2.45) is 11.1 Å². The van der Waals surface area contributed by atoms with Gasteiger partial charge in [0.05, 0.1) is 10.6 Å². The molecule has 1 fully saturated rings. The Labute approximate surface area is 141 Å². The predicted molar refractivity (Wildman–Crippen MR) is 97.4 cm³/mol. The van der Waals surface area contributed by atoms with Gasteiger partial charge in [0.1, 0.15) is 0 Å². The maximum absolute atomic E-state index is 12.1. The largest absolute Gasteiger partial charge is 0.325 e. The third kappa shape index (κ3) is 5.09. The minimum Gasteiger partial charge on any atom is -0.325 e. The molecule has 0 spiro atoms. The molecule has 1 aliphatic rings. The van der Waals surface area contributed by atoms with Crippen LogP contribution < -0.4 is 11.1 Å². The fourth-order valence-electron chi connectivity index (χ4n) is 1.93. The van der Waals surface area contributed by atoms with E-state index in [1.807, 2.05) is 56.4 Å². The van der Waals surface area contributed by atoms with Gasteiger partial charge in [-0.15, -0.1) is 35.9 Å². The molecule has 0 aliphatic carbocycles. The molecule has 21 heavy (non-hydrogen) atoms. The summed E-state index contributed by atoms with van der Waals surface area (Å²) in [5.74, 6) is 2.27. The Morgan fingerprint density at radius 3 is 2.52 bits per heavy atom. The first kappa shape index (κ1) is 18.7. The van der Waals surface area contributed by atoms with Gasteiger partial charge in [0.15, 0.2) is 0 Å². The summed E-state index contributed by atoms with van der Waals surface area (Å²) in [5, 5.41) is 2.93. The SMILES string of the molecule is CC(C)(C)[C@H](N)C(=O)Nc1cccc(C2SCCS2)c1.Cl. The average molecular weight is 347 g/mol. The first-order valence-electron chi connectivity index (χ1n) is 6.77. The molecule has 3 N–H and O–H groups in total. The molecule has 0 saturated carbocycles. The smallest absolute Gasteiger partial charge is 0.241 e. The standard InChI is InChI=1S/C15H22N2OS2.ClH/c1-15(2,3)12(16)13(18)17-11-6-4-5-10(9-11)14-19-7-8-20-14;/h4-6,9,12,14H,7-8,16H2,1-3H3,(H,17,18);1H/t12-;/m1./s1. The third-order valence-corrected chi connectivity index (χ3v) is 6.37. The van der Waals surface area contributed by atoms with Crippen LogP contribution in [0.25, 0.3) is 0 Å². The van der Waals surface area contributed by atoms with Gasteiger partial charge in [0.25, 0.3) is 0 Å². The van der Waals surface area contributed by atoms with Crippen molar-refractivity contribution < 1.29 is 4.79 Å². The number of thioether (sulfide) groups is 2. The number of rotatable bonds is 3. The summed E-state index contributed by atoms with van der Waals surface area (Å²) < 4.78 is 0.489. The fraction of sp³-hybridized carbons (Fsp3) is 0.533. The Balaban J connectivity index is 0.00000220. The minimum absolute atomic E-state index is 0. The van der Waals surface area contributed by atoms with Gasteiger partial charge in [-0.1, -0.05) is 32.9 Å². The van der Waals surface area contributed by atoms with Gasteiger partial charge >= 0.3 is 0 Å². The predicted octanol–water partition coefficient (Wildman–Crippen LogP) is 3.90. The van der Waals surface area contributed by atoms with Crippen LogP contribution in [0.15, 0.2) is 24.3 Å². The zero-order chi connectivity index (χ0) is 14.8. The lowest BCUT2D eigenvalue weighted by Gasteiger charge is -2.26. The summed E-state index contributed by atoms with van der Waals surface area (Å²) in [6.45, 7) is 5.92. The normalized spacial score (nSPS) is 17.1. The molecule has 1 aromatic rings. The van der Waals surface area contributed by atoms with Crippen molar-refractivity contribution in [3.63, 3.8) is 0 Å². The number of hydrogen-bond donors (Lipinski definition) is 2. The number of carbonyl (C=O) groups excluding carboxylic acids is 1. The maximum atomic E-state index is 12.1. The minimum atomic E-state index is -0.513. The summed E-state index contributed by atoms with van der Waals surface area (Å²) in [7, 11) is 0. The number of halogens is 1. The van der Waals surface area contributed by atoms with Crippen molar-refractivity contribution in [1.82, 2.24) is 0 Å². The molecule has 1 aromatic carbocycles. The second-order valence-corrected chi connectivity index (χ2v) is 8.76. The molecular formula is C15H23ClN2OS2. The van der Waals surface area contributed by atoms with Crippen LogP contribution in [0.2, 0.25) is 0 Å². The number of anilines is 1. The Bertz CT molecular complexity index is 485. The van der Waals surface area contributed by atoms with Crippen LogP contribution >= 0.6 is 35.9 Å². The number of nitrogens with two attached hydrogens (primary N) is 1. The third-order valence-electron chi connectivity index (χ3n) is 3.26. The zero-order valence-corrected chi connectivity index (χ0v) is 15.0. The van der Waals surface area contributed by atoms with Gasteiger partial charge in [-0.05, 0) is 23.1 Å². The first-order chi connectivity index (χ1) is 9.38. The van der Waals surface area contributed by atoms with Crippen LogP contribution in [0.1, 0.15) is 30.9 Å². The molecule has 1 atom stereocenters. The highest BCUT2D eigenvalue weighted by molar-refractivity contribution is 8.19. The second-order valence-electron chi connectivity index (χ2n) is 6.03. The lowest BCUT2D eigenvalue weighted by Crippen LogP contribution is -2.45. The van der Waals surface area contributed by atoms with E-state index in [0.29, 0.717) is 4.58 Å². The molecule has 118 valence electrons. The van der Waals surface area contributed by atoms with Crippen molar-refractivity contribution in [3.8, 4) is 0 Å². The number of nitrogens with one attached hydrogen (secondary N) is 1. The summed E-state index contributed by atoms with van der Waals surface area (Å²) in [5.41, 5.74) is 7.84. The van der Waals surface area contributed by atoms with E-state index in [9.17, 15) is 4.79 Å². The van der Waals surface area contributed by atoms with Crippen molar-refractivity contribution in [1.29, 1.82) is 0 Å². The van der Waals surface area contributed by atoms with Crippen molar-refractivity contribution in [2.45, 2.75) is 31.4 Å². The lowest BCUT2D eigenvalue weighted by molar-refractivity contribution is -0.119.